The molecule has 1 aliphatic carbocycles. The number of aliphatic hydroxyl groups excluding tert-OH is 1. The van der Waals surface area contributed by atoms with E-state index >= 15 is 0 Å². The number of anilines is 1. The smallest absolute Gasteiger partial charge is 0.183 e. The van der Waals surface area contributed by atoms with Crippen molar-refractivity contribution < 1.29 is 9.50 Å². The molecular weight excluding hydrogens is 309 g/mol. The first-order chi connectivity index (χ1) is 11.7. The van der Waals surface area contributed by atoms with Crippen molar-refractivity contribution in [3.8, 4) is 11.4 Å². The molecule has 4 rings (SSSR count). The summed E-state index contributed by atoms with van der Waals surface area (Å²) in [5.74, 6) is 0.0297. The number of rotatable bonds is 3. The van der Waals surface area contributed by atoms with E-state index in [2.05, 4.69) is 25.3 Å². The van der Waals surface area contributed by atoms with E-state index in [-0.39, 0.29) is 11.9 Å². The number of hydrogen-bond acceptors (Lipinski definition) is 5. The van der Waals surface area contributed by atoms with Crippen LogP contribution in [0.25, 0.3) is 22.4 Å². The van der Waals surface area contributed by atoms with E-state index in [0.29, 0.717) is 5.82 Å². The van der Waals surface area contributed by atoms with Crippen LogP contribution in [0.1, 0.15) is 25.7 Å². The summed E-state index contributed by atoms with van der Waals surface area (Å²) >= 11 is 0. The molecule has 124 valence electrons. The SMILES string of the molecule is O[C@H]1CCCCC1Nc1nc(-c2c[nH]c3ncccc23)ncc1F. The Hall–Kier alpha value is -2.54. The molecule has 0 saturated heterocycles. The van der Waals surface area contributed by atoms with Gasteiger partial charge in [0.25, 0.3) is 0 Å². The van der Waals surface area contributed by atoms with Gasteiger partial charge in [0, 0.05) is 23.3 Å². The van der Waals surface area contributed by atoms with E-state index in [1.165, 1.54) is 0 Å². The Morgan fingerprint density at radius 3 is 3.00 bits per heavy atom. The summed E-state index contributed by atoms with van der Waals surface area (Å²) < 4.78 is 14.1. The molecule has 1 saturated carbocycles. The zero-order valence-corrected chi connectivity index (χ0v) is 13.0. The van der Waals surface area contributed by atoms with Crippen molar-refractivity contribution in [2.24, 2.45) is 0 Å². The van der Waals surface area contributed by atoms with Gasteiger partial charge in [-0.05, 0) is 25.0 Å². The maximum Gasteiger partial charge on any atom is 0.183 e. The summed E-state index contributed by atoms with van der Waals surface area (Å²) in [6.07, 6.45) is 7.70. The average Bonchev–Trinajstić information content (AvgIpc) is 3.03. The fourth-order valence-corrected chi connectivity index (χ4v) is 3.19. The molecule has 3 aromatic rings. The van der Waals surface area contributed by atoms with Crippen LogP contribution in [0, 0.1) is 5.82 Å². The zero-order chi connectivity index (χ0) is 16.5. The molecule has 3 heterocycles. The normalized spacial score (nSPS) is 21.1. The first-order valence-corrected chi connectivity index (χ1v) is 8.12. The molecule has 24 heavy (non-hydrogen) atoms. The second-order valence-corrected chi connectivity index (χ2v) is 6.09. The summed E-state index contributed by atoms with van der Waals surface area (Å²) in [7, 11) is 0. The van der Waals surface area contributed by atoms with Crippen molar-refractivity contribution in [1.29, 1.82) is 0 Å². The van der Waals surface area contributed by atoms with Crippen LogP contribution >= 0.6 is 0 Å². The molecule has 3 N–H and O–H groups in total. The van der Waals surface area contributed by atoms with Gasteiger partial charge in [0.15, 0.2) is 17.5 Å². The van der Waals surface area contributed by atoms with Gasteiger partial charge >= 0.3 is 0 Å². The molecule has 0 spiro atoms. The topological polar surface area (TPSA) is 86.7 Å². The van der Waals surface area contributed by atoms with Gasteiger partial charge in [-0.25, -0.2) is 19.3 Å². The van der Waals surface area contributed by atoms with Crippen molar-refractivity contribution in [1.82, 2.24) is 19.9 Å². The number of nitrogens with zero attached hydrogens (tertiary/aromatic N) is 3. The van der Waals surface area contributed by atoms with Crippen LogP contribution in [0.4, 0.5) is 10.2 Å². The molecule has 1 unspecified atom stereocenters. The van der Waals surface area contributed by atoms with Gasteiger partial charge < -0.3 is 15.4 Å². The van der Waals surface area contributed by atoms with E-state index in [0.717, 1.165) is 48.5 Å². The second kappa shape index (κ2) is 6.16. The minimum absolute atomic E-state index is 0.129. The molecule has 1 aliphatic rings. The summed E-state index contributed by atoms with van der Waals surface area (Å²) in [6.45, 7) is 0. The van der Waals surface area contributed by atoms with Gasteiger partial charge in [-0.2, -0.15) is 0 Å². The van der Waals surface area contributed by atoms with E-state index in [9.17, 15) is 9.50 Å². The van der Waals surface area contributed by atoms with Crippen molar-refractivity contribution >= 4 is 16.9 Å². The highest BCUT2D eigenvalue weighted by atomic mass is 19.1. The van der Waals surface area contributed by atoms with Crippen LogP contribution in [0.2, 0.25) is 0 Å². The first kappa shape index (κ1) is 15.0. The molecular formula is C17H18FN5O. The lowest BCUT2D eigenvalue weighted by atomic mass is 9.92. The lowest BCUT2D eigenvalue weighted by molar-refractivity contribution is 0.116. The first-order valence-electron chi connectivity index (χ1n) is 8.12. The Morgan fingerprint density at radius 1 is 1.25 bits per heavy atom. The molecule has 3 aromatic heterocycles. The average molecular weight is 327 g/mol. The van der Waals surface area contributed by atoms with Crippen LogP contribution in [0.5, 0.6) is 0 Å². The van der Waals surface area contributed by atoms with E-state index < -0.39 is 11.9 Å². The van der Waals surface area contributed by atoms with Crippen LogP contribution in [-0.2, 0) is 0 Å². The van der Waals surface area contributed by atoms with Crippen LogP contribution in [0.3, 0.4) is 0 Å². The molecule has 2 atom stereocenters. The van der Waals surface area contributed by atoms with Gasteiger partial charge in [-0.3, -0.25) is 0 Å². The predicted molar refractivity (Wildman–Crippen MR) is 89.0 cm³/mol. The van der Waals surface area contributed by atoms with Crippen molar-refractivity contribution in [3.05, 3.63) is 36.5 Å². The number of H-pyrrole nitrogens is 1. The lowest BCUT2D eigenvalue weighted by Gasteiger charge is -2.28. The molecule has 0 bridgehead atoms. The fraction of sp³-hybridized carbons (Fsp3) is 0.353. The van der Waals surface area contributed by atoms with E-state index in [1.54, 1.807) is 12.4 Å². The zero-order valence-electron chi connectivity index (χ0n) is 13.0. The van der Waals surface area contributed by atoms with Gasteiger partial charge in [0.05, 0.1) is 18.3 Å². The standard InChI is InChI=1S/C17H18FN5O/c18-12-9-21-16(11-8-20-15-10(11)4-3-7-19-15)23-17(12)22-13-5-1-2-6-14(13)24/h3-4,7-9,13-14,24H,1-2,5-6H2,(H,19,20)(H,21,22,23)/t13?,14-/m0/s1. The number of aromatic nitrogens is 4. The van der Waals surface area contributed by atoms with Crippen molar-refractivity contribution in [2.75, 3.05) is 5.32 Å². The molecule has 0 aromatic carbocycles. The summed E-state index contributed by atoms with van der Waals surface area (Å²) in [5.41, 5.74) is 1.50. The van der Waals surface area contributed by atoms with E-state index in [1.807, 2.05) is 12.1 Å². The number of pyridine rings is 1. The molecule has 0 radical (unpaired) electrons. The van der Waals surface area contributed by atoms with Crippen molar-refractivity contribution in [3.63, 3.8) is 0 Å². The number of fused-ring (bicyclic) bond motifs is 1. The highest BCUT2D eigenvalue weighted by Crippen LogP contribution is 2.27. The Labute approximate surface area is 138 Å². The number of halogens is 1. The van der Waals surface area contributed by atoms with Crippen molar-refractivity contribution in [2.45, 2.75) is 37.8 Å². The number of aliphatic hydroxyl groups is 1. The fourth-order valence-electron chi connectivity index (χ4n) is 3.19. The largest absolute Gasteiger partial charge is 0.391 e. The van der Waals surface area contributed by atoms with Gasteiger partial charge in [0.1, 0.15) is 5.65 Å². The quantitative estimate of drug-likeness (QED) is 0.688. The Morgan fingerprint density at radius 2 is 2.12 bits per heavy atom. The van der Waals surface area contributed by atoms with Crippen LogP contribution in [-0.4, -0.2) is 37.2 Å². The predicted octanol–water partition coefficient (Wildman–Crippen LogP) is 2.87. The van der Waals surface area contributed by atoms with Crippen LogP contribution < -0.4 is 5.32 Å². The highest BCUT2D eigenvalue weighted by molar-refractivity contribution is 5.91. The molecule has 6 nitrogen and oxygen atoms in total. The van der Waals surface area contributed by atoms with Gasteiger partial charge in [-0.1, -0.05) is 12.8 Å². The molecule has 1 fully saturated rings. The Balaban J connectivity index is 1.68. The van der Waals surface area contributed by atoms with Gasteiger partial charge in [-0.15, -0.1) is 0 Å². The molecule has 0 aliphatic heterocycles. The van der Waals surface area contributed by atoms with E-state index in [4.69, 9.17) is 0 Å². The summed E-state index contributed by atoms with van der Waals surface area (Å²) in [4.78, 5) is 15.7. The maximum atomic E-state index is 14.1. The third-order valence-corrected chi connectivity index (χ3v) is 4.49. The number of nitrogens with one attached hydrogen (secondary N) is 2. The third kappa shape index (κ3) is 2.71. The minimum Gasteiger partial charge on any atom is -0.391 e. The molecule has 7 heteroatoms. The summed E-state index contributed by atoms with van der Waals surface area (Å²) in [5, 5.41) is 14.0. The second-order valence-electron chi connectivity index (χ2n) is 6.09. The maximum absolute atomic E-state index is 14.1. The lowest BCUT2D eigenvalue weighted by Crippen LogP contribution is -2.36. The minimum atomic E-state index is -0.519. The number of hydrogen-bond donors (Lipinski definition) is 3. The van der Waals surface area contributed by atoms with Gasteiger partial charge in [0.2, 0.25) is 0 Å². The summed E-state index contributed by atoms with van der Waals surface area (Å²) in [6, 6.07) is 3.57. The highest BCUT2D eigenvalue weighted by Gasteiger charge is 2.24. The molecule has 0 amide bonds. The monoisotopic (exact) mass is 327 g/mol. The Kier molecular flexibility index (Phi) is 3.86. The van der Waals surface area contributed by atoms with Crippen LogP contribution in [0.15, 0.2) is 30.7 Å². The third-order valence-electron chi connectivity index (χ3n) is 4.49. The number of aromatic amines is 1. The Bertz CT molecular complexity index is 865.